The first-order valence-corrected chi connectivity index (χ1v) is 5.04. The molecular weight excluding hydrogens is 224 g/mol. The van der Waals surface area contributed by atoms with E-state index < -0.39 is 29.8 Å². The molecule has 0 aromatic heterocycles. The SMILES string of the molecule is CC(=CN(C(=O)[C@H](C)N)C(=O)[C@H](C)N)C(N)=O. The minimum atomic E-state index is -0.880. The molecule has 96 valence electrons. The Morgan fingerprint density at radius 2 is 1.41 bits per heavy atom. The van der Waals surface area contributed by atoms with Crippen molar-refractivity contribution in [3.8, 4) is 0 Å². The van der Waals surface area contributed by atoms with Gasteiger partial charge in [0.25, 0.3) is 0 Å². The predicted octanol–water partition coefficient (Wildman–Crippen LogP) is -1.57. The van der Waals surface area contributed by atoms with Gasteiger partial charge in [-0.25, -0.2) is 0 Å². The highest BCUT2D eigenvalue weighted by molar-refractivity contribution is 6.02. The lowest BCUT2D eigenvalue weighted by molar-refractivity contribution is -0.142. The first-order chi connectivity index (χ1) is 7.68. The molecule has 0 aliphatic carbocycles. The number of hydrogen-bond donors (Lipinski definition) is 3. The summed E-state index contributed by atoms with van der Waals surface area (Å²) in [5.74, 6) is -2.02. The highest BCUT2D eigenvalue weighted by Gasteiger charge is 2.25. The Balaban J connectivity index is 5.27. The molecule has 0 radical (unpaired) electrons. The molecule has 0 fully saturated rings. The van der Waals surface area contributed by atoms with Crippen LogP contribution in [0.2, 0.25) is 0 Å². The molecule has 0 saturated carbocycles. The molecule has 0 aromatic carbocycles. The van der Waals surface area contributed by atoms with Crippen LogP contribution in [0.5, 0.6) is 0 Å². The molecule has 0 rings (SSSR count). The van der Waals surface area contributed by atoms with Crippen LogP contribution in [0.25, 0.3) is 0 Å². The van der Waals surface area contributed by atoms with E-state index in [9.17, 15) is 14.4 Å². The van der Waals surface area contributed by atoms with E-state index in [4.69, 9.17) is 17.2 Å². The number of amides is 3. The van der Waals surface area contributed by atoms with Crippen molar-refractivity contribution in [2.24, 2.45) is 17.2 Å². The molecule has 7 heteroatoms. The second kappa shape index (κ2) is 6.12. The fourth-order valence-electron chi connectivity index (χ4n) is 0.932. The Labute approximate surface area is 99.6 Å². The summed E-state index contributed by atoms with van der Waals surface area (Å²) in [4.78, 5) is 34.9. The standard InChI is InChI=1S/C10H18N4O3/c1-5(8(13)15)4-14(9(16)6(2)11)10(17)7(3)12/h4,6-7H,11-12H2,1-3H3,(H2,13,15)/t6-,7-/m0/s1. The Morgan fingerprint density at radius 3 is 1.65 bits per heavy atom. The van der Waals surface area contributed by atoms with E-state index in [1.54, 1.807) is 0 Å². The van der Waals surface area contributed by atoms with Crippen LogP contribution in [0.1, 0.15) is 20.8 Å². The number of imide groups is 1. The van der Waals surface area contributed by atoms with Gasteiger partial charge in [-0.1, -0.05) is 0 Å². The van der Waals surface area contributed by atoms with E-state index in [-0.39, 0.29) is 5.57 Å². The smallest absolute Gasteiger partial charge is 0.249 e. The molecule has 3 amide bonds. The summed E-state index contributed by atoms with van der Waals surface area (Å²) >= 11 is 0. The van der Waals surface area contributed by atoms with E-state index in [0.717, 1.165) is 11.1 Å². The molecule has 2 atom stereocenters. The van der Waals surface area contributed by atoms with E-state index in [1.807, 2.05) is 0 Å². The molecule has 0 saturated heterocycles. The minimum Gasteiger partial charge on any atom is -0.366 e. The van der Waals surface area contributed by atoms with Crippen molar-refractivity contribution in [2.75, 3.05) is 0 Å². The molecule has 0 spiro atoms. The molecule has 0 aromatic rings. The fraction of sp³-hybridized carbons (Fsp3) is 0.500. The summed E-state index contributed by atoms with van der Waals surface area (Å²) in [7, 11) is 0. The van der Waals surface area contributed by atoms with Gasteiger partial charge in [-0.15, -0.1) is 0 Å². The average Bonchev–Trinajstić information content (AvgIpc) is 2.22. The topological polar surface area (TPSA) is 133 Å². The zero-order valence-corrected chi connectivity index (χ0v) is 10.1. The quantitative estimate of drug-likeness (QED) is 0.512. The van der Waals surface area contributed by atoms with Crippen LogP contribution in [0.3, 0.4) is 0 Å². The van der Waals surface area contributed by atoms with Crippen molar-refractivity contribution in [3.05, 3.63) is 11.8 Å². The lowest BCUT2D eigenvalue weighted by Crippen LogP contribution is -2.48. The maximum atomic E-state index is 11.7. The number of nitrogens with two attached hydrogens (primary N) is 3. The van der Waals surface area contributed by atoms with E-state index in [2.05, 4.69) is 0 Å². The highest BCUT2D eigenvalue weighted by atomic mass is 16.2. The molecule has 6 N–H and O–H groups in total. The molecule has 0 heterocycles. The van der Waals surface area contributed by atoms with Gasteiger partial charge in [0.05, 0.1) is 12.1 Å². The summed E-state index contributed by atoms with van der Waals surface area (Å²) in [5, 5.41) is 0. The van der Waals surface area contributed by atoms with Gasteiger partial charge in [0.1, 0.15) is 0 Å². The van der Waals surface area contributed by atoms with Crippen molar-refractivity contribution in [1.29, 1.82) is 0 Å². The fourth-order valence-corrected chi connectivity index (χ4v) is 0.932. The lowest BCUT2D eigenvalue weighted by Gasteiger charge is -2.21. The van der Waals surface area contributed by atoms with Gasteiger partial charge in [-0.3, -0.25) is 19.3 Å². The number of hydrogen-bond acceptors (Lipinski definition) is 5. The molecule has 17 heavy (non-hydrogen) atoms. The third-order valence-corrected chi connectivity index (χ3v) is 1.97. The second-order valence-electron chi connectivity index (χ2n) is 3.80. The van der Waals surface area contributed by atoms with Crippen molar-refractivity contribution >= 4 is 17.7 Å². The average molecular weight is 242 g/mol. The third kappa shape index (κ3) is 4.33. The van der Waals surface area contributed by atoms with Crippen LogP contribution in [-0.4, -0.2) is 34.7 Å². The number of carbonyl (C=O) groups is 3. The van der Waals surface area contributed by atoms with E-state index in [1.165, 1.54) is 20.8 Å². The molecule has 0 aliphatic rings. The largest absolute Gasteiger partial charge is 0.366 e. The van der Waals surface area contributed by atoms with Crippen molar-refractivity contribution in [1.82, 2.24) is 4.90 Å². The molecule has 0 aliphatic heterocycles. The summed E-state index contributed by atoms with van der Waals surface area (Å²) in [6.07, 6.45) is 1.06. The lowest BCUT2D eigenvalue weighted by atomic mass is 10.2. The van der Waals surface area contributed by atoms with Crippen molar-refractivity contribution in [3.63, 3.8) is 0 Å². The minimum absolute atomic E-state index is 0.0630. The Hall–Kier alpha value is -1.73. The summed E-state index contributed by atoms with van der Waals surface area (Å²) in [6.45, 7) is 4.24. The zero-order valence-electron chi connectivity index (χ0n) is 10.1. The normalized spacial score (nSPS) is 15.0. The maximum Gasteiger partial charge on any atom is 0.249 e. The van der Waals surface area contributed by atoms with Crippen LogP contribution >= 0.6 is 0 Å². The second-order valence-corrected chi connectivity index (χ2v) is 3.80. The van der Waals surface area contributed by atoms with E-state index >= 15 is 0 Å². The molecular formula is C10H18N4O3. The van der Waals surface area contributed by atoms with Crippen LogP contribution in [0.15, 0.2) is 11.8 Å². The monoisotopic (exact) mass is 242 g/mol. The number of nitrogens with zero attached hydrogens (tertiary/aromatic N) is 1. The molecule has 7 nitrogen and oxygen atoms in total. The zero-order chi connectivity index (χ0) is 13.7. The van der Waals surface area contributed by atoms with Crippen LogP contribution in [0.4, 0.5) is 0 Å². The van der Waals surface area contributed by atoms with E-state index in [0.29, 0.717) is 0 Å². The van der Waals surface area contributed by atoms with Crippen LogP contribution in [-0.2, 0) is 14.4 Å². The first-order valence-electron chi connectivity index (χ1n) is 5.04. The van der Waals surface area contributed by atoms with Crippen molar-refractivity contribution < 1.29 is 14.4 Å². The Morgan fingerprint density at radius 1 is 1.06 bits per heavy atom. The Kier molecular flexibility index (Phi) is 5.49. The van der Waals surface area contributed by atoms with Gasteiger partial charge >= 0.3 is 0 Å². The van der Waals surface area contributed by atoms with Crippen molar-refractivity contribution in [2.45, 2.75) is 32.9 Å². The van der Waals surface area contributed by atoms with Gasteiger partial charge < -0.3 is 17.2 Å². The van der Waals surface area contributed by atoms with Crippen LogP contribution < -0.4 is 17.2 Å². The van der Waals surface area contributed by atoms with Gasteiger partial charge in [-0.2, -0.15) is 0 Å². The van der Waals surface area contributed by atoms with Gasteiger partial charge in [0, 0.05) is 11.8 Å². The number of carbonyl (C=O) groups excluding carboxylic acids is 3. The van der Waals surface area contributed by atoms with Gasteiger partial charge in [0.15, 0.2) is 0 Å². The van der Waals surface area contributed by atoms with Crippen LogP contribution in [0, 0.1) is 0 Å². The highest BCUT2D eigenvalue weighted by Crippen LogP contribution is 2.03. The molecule has 0 bridgehead atoms. The summed E-state index contributed by atoms with van der Waals surface area (Å²) in [5.41, 5.74) is 15.9. The number of primary amides is 1. The Bertz CT molecular complexity index is 341. The van der Waals surface area contributed by atoms with Gasteiger partial charge in [-0.05, 0) is 20.8 Å². The molecule has 0 unspecified atom stereocenters. The summed E-state index contributed by atoms with van der Waals surface area (Å²) in [6, 6.07) is -1.76. The summed E-state index contributed by atoms with van der Waals surface area (Å²) < 4.78 is 0. The first kappa shape index (κ1) is 15.3. The maximum absolute atomic E-state index is 11.7. The number of rotatable bonds is 4. The third-order valence-electron chi connectivity index (χ3n) is 1.97. The predicted molar refractivity (Wildman–Crippen MR) is 62.1 cm³/mol. The van der Waals surface area contributed by atoms with Gasteiger partial charge in [0.2, 0.25) is 17.7 Å².